The van der Waals surface area contributed by atoms with E-state index in [0.29, 0.717) is 30.7 Å². The minimum atomic E-state index is -0.332. The molecule has 3 rings (SSSR count). The molecule has 166 valence electrons. The van der Waals surface area contributed by atoms with Crippen molar-refractivity contribution in [1.29, 1.82) is 0 Å². The molecule has 32 heavy (non-hydrogen) atoms. The molecule has 0 atom stereocenters. The van der Waals surface area contributed by atoms with E-state index in [2.05, 4.69) is 11.7 Å². The molecule has 0 saturated carbocycles. The van der Waals surface area contributed by atoms with E-state index in [1.54, 1.807) is 12.1 Å². The van der Waals surface area contributed by atoms with Gasteiger partial charge in [0.25, 0.3) is 0 Å². The third-order valence-electron chi connectivity index (χ3n) is 5.39. The predicted molar refractivity (Wildman–Crippen MR) is 126 cm³/mol. The van der Waals surface area contributed by atoms with Crippen molar-refractivity contribution in [2.75, 3.05) is 7.11 Å². The van der Waals surface area contributed by atoms with E-state index in [9.17, 15) is 10.0 Å². The van der Waals surface area contributed by atoms with Crippen LogP contribution in [0.15, 0.2) is 95.4 Å². The first kappa shape index (κ1) is 23.1. The Morgan fingerprint density at radius 3 is 2.50 bits per heavy atom. The van der Waals surface area contributed by atoms with Crippen molar-refractivity contribution in [3.05, 3.63) is 107 Å². The zero-order valence-electron chi connectivity index (χ0n) is 18.4. The van der Waals surface area contributed by atoms with Gasteiger partial charge in [-0.15, -0.1) is 6.58 Å². The quantitative estimate of drug-likeness (QED) is 0.217. The van der Waals surface area contributed by atoms with Crippen molar-refractivity contribution in [2.45, 2.75) is 38.7 Å². The van der Waals surface area contributed by atoms with E-state index in [-0.39, 0.29) is 5.97 Å². The number of methoxy groups -OCH3 is 1. The lowest BCUT2D eigenvalue weighted by molar-refractivity contribution is 0.0600. The molecule has 0 aliphatic heterocycles. The Hall–Kier alpha value is -3.60. The summed E-state index contributed by atoms with van der Waals surface area (Å²) in [5.41, 5.74) is 5.53. The normalized spacial score (nSPS) is 14.8. The molecule has 0 radical (unpaired) electrons. The lowest BCUT2D eigenvalue weighted by Crippen LogP contribution is -2.12. The summed E-state index contributed by atoms with van der Waals surface area (Å²) < 4.78 is 11.0. The van der Waals surface area contributed by atoms with Crippen LogP contribution in [0.1, 0.15) is 47.2 Å². The Balaban J connectivity index is 1.72. The lowest BCUT2D eigenvalue weighted by atomic mass is 9.90. The first-order valence-electron chi connectivity index (χ1n) is 10.7. The first-order chi connectivity index (χ1) is 15.6. The third kappa shape index (κ3) is 6.20. The molecule has 5 heteroatoms. The molecular weight excluding hydrogens is 402 g/mol. The monoisotopic (exact) mass is 431 g/mol. The van der Waals surface area contributed by atoms with Gasteiger partial charge in [-0.2, -0.15) is 0 Å². The van der Waals surface area contributed by atoms with Crippen LogP contribution in [-0.2, 0) is 22.5 Å². The molecule has 1 N–H and O–H groups in total. The maximum atomic E-state index is 11.6. The first-order valence-corrected chi connectivity index (χ1v) is 10.7. The van der Waals surface area contributed by atoms with Crippen LogP contribution in [0.5, 0.6) is 0 Å². The standard InChI is InChI=1S/C27H29NO4/c1-3-8-23-17-25(28-30)18-24(26(23)32-19-21-9-5-4-6-10-21)12-7-11-20-13-15-22(16-14-20)27(29)31-2/h3-6,9-10,13-17,30H,1,7-8,11-12,18-19H2,2H3. The molecule has 0 aromatic heterocycles. The van der Waals surface area contributed by atoms with Gasteiger partial charge in [-0.05, 0) is 66.2 Å². The smallest absolute Gasteiger partial charge is 0.337 e. The molecule has 0 saturated heterocycles. The van der Waals surface area contributed by atoms with Gasteiger partial charge in [-0.25, -0.2) is 4.79 Å². The van der Waals surface area contributed by atoms with E-state index in [4.69, 9.17) is 9.47 Å². The van der Waals surface area contributed by atoms with E-state index in [1.807, 2.05) is 54.6 Å². The number of carbonyl (C=O) groups is 1. The van der Waals surface area contributed by atoms with Crippen molar-refractivity contribution in [3.8, 4) is 0 Å². The maximum Gasteiger partial charge on any atom is 0.337 e. The molecule has 2 aromatic rings. The van der Waals surface area contributed by atoms with E-state index in [1.165, 1.54) is 7.11 Å². The van der Waals surface area contributed by atoms with Gasteiger partial charge in [0.2, 0.25) is 0 Å². The maximum absolute atomic E-state index is 11.6. The highest BCUT2D eigenvalue weighted by Crippen LogP contribution is 2.31. The molecule has 1 aliphatic rings. The van der Waals surface area contributed by atoms with Gasteiger partial charge in [-0.3, -0.25) is 0 Å². The highest BCUT2D eigenvalue weighted by atomic mass is 16.5. The largest absolute Gasteiger partial charge is 0.489 e. The number of benzene rings is 2. The second-order valence-electron chi connectivity index (χ2n) is 7.68. The number of ether oxygens (including phenoxy) is 2. The Labute approximate surface area is 189 Å². The Bertz CT molecular complexity index is 1020. The van der Waals surface area contributed by atoms with Crippen LogP contribution in [0.3, 0.4) is 0 Å². The number of rotatable bonds is 10. The summed E-state index contributed by atoms with van der Waals surface area (Å²) in [5, 5.41) is 12.9. The third-order valence-corrected chi connectivity index (χ3v) is 5.39. The van der Waals surface area contributed by atoms with Crippen LogP contribution in [0.25, 0.3) is 0 Å². The highest BCUT2D eigenvalue weighted by Gasteiger charge is 2.21. The lowest BCUT2D eigenvalue weighted by Gasteiger charge is -2.23. The number of hydrogen-bond donors (Lipinski definition) is 1. The predicted octanol–water partition coefficient (Wildman–Crippen LogP) is 6.00. The summed E-state index contributed by atoms with van der Waals surface area (Å²) >= 11 is 0. The second kappa shape index (κ2) is 11.7. The van der Waals surface area contributed by atoms with Crippen molar-refractivity contribution >= 4 is 11.7 Å². The van der Waals surface area contributed by atoms with Crippen molar-refractivity contribution in [2.24, 2.45) is 5.16 Å². The molecular formula is C27H29NO4. The van der Waals surface area contributed by atoms with Gasteiger partial charge in [0.1, 0.15) is 12.4 Å². The Kier molecular flexibility index (Phi) is 8.44. The molecule has 0 heterocycles. The van der Waals surface area contributed by atoms with Crippen LogP contribution in [-0.4, -0.2) is 24.0 Å². The summed E-state index contributed by atoms with van der Waals surface area (Å²) in [4.78, 5) is 11.6. The van der Waals surface area contributed by atoms with Gasteiger partial charge < -0.3 is 14.7 Å². The minimum Gasteiger partial charge on any atom is -0.489 e. The number of esters is 1. The highest BCUT2D eigenvalue weighted by molar-refractivity contribution is 5.98. The average molecular weight is 432 g/mol. The molecule has 5 nitrogen and oxygen atoms in total. The minimum absolute atomic E-state index is 0.332. The molecule has 0 bridgehead atoms. The Morgan fingerprint density at radius 1 is 1.09 bits per heavy atom. The van der Waals surface area contributed by atoms with E-state index >= 15 is 0 Å². The molecule has 1 aliphatic carbocycles. The van der Waals surface area contributed by atoms with Crippen molar-refractivity contribution in [1.82, 2.24) is 0 Å². The summed E-state index contributed by atoms with van der Waals surface area (Å²) in [7, 11) is 1.38. The molecule has 0 unspecified atom stereocenters. The molecule has 2 aromatic carbocycles. The fraction of sp³-hybridized carbons (Fsp3) is 0.259. The number of nitrogens with zero attached hydrogens (tertiary/aromatic N) is 1. The van der Waals surface area contributed by atoms with Gasteiger partial charge in [0, 0.05) is 6.42 Å². The summed E-state index contributed by atoms with van der Waals surface area (Å²) in [5.74, 6) is 0.545. The van der Waals surface area contributed by atoms with Crippen LogP contribution in [0.4, 0.5) is 0 Å². The van der Waals surface area contributed by atoms with Crippen molar-refractivity contribution < 1.29 is 19.5 Å². The van der Waals surface area contributed by atoms with Crippen LogP contribution < -0.4 is 0 Å². The second-order valence-corrected chi connectivity index (χ2v) is 7.68. The molecule has 0 spiro atoms. The summed E-state index contributed by atoms with van der Waals surface area (Å²) in [6.45, 7) is 4.34. The van der Waals surface area contributed by atoms with Crippen LogP contribution in [0.2, 0.25) is 0 Å². The molecule has 0 fully saturated rings. The fourth-order valence-electron chi connectivity index (χ4n) is 3.77. The number of hydrogen-bond acceptors (Lipinski definition) is 5. The number of carbonyl (C=O) groups excluding carboxylic acids is 1. The zero-order valence-corrected chi connectivity index (χ0v) is 18.4. The van der Waals surface area contributed by atoms with E-state index in [0.717, 1.165) is 47.3 Å². The average Bonchev–Trinajstić information content (AvgIpc) is 2.84. The fourth-order valence-corrected chi connectivity index (χ4v) is 3.77. The SMILES string of the molecule is C=CCC1=CC(=NO)CC(CCCc2ccc(C(=O)OC)cc2)=C1OCc1ccccc1. The topological polar surface area (TPSA) is 68.1 Å². The number of oxime groups is 1. The van der Waals surface area contributed by atoms with Crippen molar-refractivity contribution in [3.63, 3.8) is 0 Å². The van der Waals surface area contributed by atoms with Crippen LogP contribution >= 0.6 is 0 Å². The Morgan fingerprint density at radius 2 is 1.84 bits per heavy atom. The van der Waals surface area contributed by atoms with Crippen LogP contribution in [0, 0.1) is 0 Å². The number of aryl methyl sites for hydroxylation is 1. The molecule has 0 amide bonds. The van der Waals surface area contributed by atoms with Gasteiger partial charge in [0.15, 0.2) is 0 Å². The zero-order chi connectivity index (χ0) is 22.8. The van der Waals surface area contributed by atoms with Gasteiger partial charge >= 0.3 is 5.97 Å². The van der Waals surface area contributed by atoms with Gasteiger partial charge in [-0.1, -0.05) is 53.7 Å². The number of allylic oxidation sites excluding steroid dienone is 4. The van der Waals surface area contributed by atoms with E-state index < -0.39 is 0 Å². The summed E-state index contributed by atoms with van der Waals surface area (Å²) in [6, 6.07) is 17.6. The van der Waals surface area contributed by atoms with Gasteiger partial charge in [0.05, 0.1) is 18.4 Å². The summed E-state index contributed by atoms with van der Waals surface area (Å²) in [6.07, 6.45) is 7.50.